The number of nitrogens with zero attached hydrogens (tertiary/aromatic N) is 4. The molecular weight excluding hydrogens is 184 g/mol. The van der Waals surface area contributed by atoms with E-state index in [-0.39, 0.29) is 6.17 Å². The highest BCUT2D eigenvalue weighted by atomic mass is 16.7. The Bertz CT molecular complexity index is 231. The molecule has 0 bridgehead atoms. The van der Waals surface area contributed by atoms with Crippen molar-refractivity contribution in [3.8, 4) is 0 Å². The van der Waals surface area contributed by atoms with E-state index in [0.717, 1.165) is 24.3 Å². The molecule has 1 aliphatic heterocycles. The number of hydrogen-bond acceptors (Lipinski definition) is 4. The molecule has 0 aromatic carbocycles. The highest BCUT2D eigenvalue weighted by molar-refractivity contribution is 5.55. The summed E-state index contributed by atoms with van der Waals surface area (Å²) in [5, 5.41) is 17.1. The van der Waals surface area contributed by atoms with E-state index in [1.807, 2.05) is 6.92 Å². The summed E-state index contributed by atoms with van der Waals surface area (Å²) in [4.78, 5) is 10.7. The molecule has 0 aromatic rings. The van der Waals surface area contributed by atoms with Gasteiger partial charge in [-0.2, -0.15) is 5.10 Å². The SMILES string of the molecule is CCCCC1N(CC)N=CN1[N+](=O)[O-]. The maximum Gasteiger partial charge on any atom is 0.183 e. The van der Waals surface area contributed by atoms with Crippen LogP contribution in [0.25, 0.3) is 0 Å². The van der Waals surface area contributed by atoms with E-state index in [0.29, 0.717) is 6.54 Å². The van der Waals surface area contributed by atoms with Crippen molar-refractivity contribution in [3.05, 3.63) is 10.1 Å². The third-order valence-corrected chi connectivity index (χ3v) is 2.30. The molecule has 6 nitrogen and oxygen atoms in total. The Kier molecular flexibility index (Phi) is 3.67. The van der Waals surface area contributed by atoms with Crippen LogP contribution in [0.3, 0.4) is 0 Å². The van der Waals surface area contributed by atoms with Crippen LogP contribution in [0.4, 0.5) is 0 Å². The van der Waals surface area contributed by atoms with Gasteiger partial charge in [0.25, 0.3) is 0 Å². The summed E-state index contributed by atoms with van der Waals surface area (Å²) in [5.74, 6) is 0. The van der Waals surface area contributed by atoms with Gasteiger partial charge in [0.15, 0.2) is 17.5 Å². The van der Waals surface area contributed by atoms with E-state index in [1.165, 1.54) is 6.34 Å². The minimum atomic E-state index is -0.403. The van der Waals surface area contributed by atoms with Crippen LogP contribution in [0.5, 0.6) is 0 Å². The van der Waals surface area contributed by atoms with Crippen LogP contribution in [0.15, 0.2) is 5.10 Å². The lowest BCUT2D eigenvalue weighted by Crippen LogP contribution is -2.42. The van der Waals surface area contributed by atoms with Gasteiger partial charge in [-0.05, 0) is 19.8 Å². The quantitative estimate of drug-likeness (QED) is 0.495. The Morgan fingerprint density at radius 2 is 2.29 bits per heavy atom. The second-order valence-electron chi connectivity index (χ2n) is 3.23. The van der Waals surface area contributed by atoms with E-state index in [9.17, 15) is 10.1 Å². The first-order chi connectivity index (χ1) is 6.70. The maximum atomic E-state index is 10.7. The van der Waals surface area contributed by atoms with Crippen LogP contribution in [-0.4, -0.2) is 34.1 Å². The third kappa shape index (κ3) is 2.12. The van der Waals surface area contributed by atoms with Gasteiger partial charge in [0.05, 0.1) is 0 Å². The zero-order chi connectivity index (χ0) is 10.6. The van der Waals surface area contributed by atoms with Gasteiger partial charge in [0, 0.05) is 6.54 Å². The smallest absolute Gasteiger partial charge is 0.183 e. The molecule has 80 valence electrons. The van der Waals surface area contributed by atoms with E-state index >= 15 is 0 Å². The summed E-state index contributed by atoms with van der Waals surface area (Å²) >= 11 is 0. The number of rotatable bonds is 5. The van der Waals surface area contributed by atoms with Crippen molar-refractivity contribution in [2.45, 2.75) is 39.3 Å². The highest BCUT2D eigenvalue weighted by Crippen LogP contribution is 2.17. The lowest BCUT2D eigenvalue weighted by Gasteiger charge is -2.23. The van der Waals surface area contributed by atoms with Crippen molar-refractivity contribution < 1.29 is 5.03 Å². The van der Waals surface area contributed by atoms with Gasteiger partial charge >= 0.3 is 0 Å². The molecule has 1 aliphatic rings. The Morgan fingerprint density at radius 3 is 2.79 bits per heavy atom. The minimum absolute atomic E-state index is 0.199. The molecule has 0 amide bonds. The molecule has 0 N–H and O–H groups in total. The lowest BCUT2D eigenvalue weighted by molar-refractivity contribution is -0.638. The summed E-state index contributed by atoms with van der Waals surface area (Å²) in [6.07, 6.45) is 3.90. The van der Waals surface area contributed by atoms with E-state index < -0.39 is 5.03 Å². The average Bonchev–Trinajstić information content (AvgIpc) is 2.57. The molecule has 0 saturated heterocycles. The average molecular weight is 200 g/mol. The van der Waals surface area contributed by atoms with E-state index in [1.54, 1.807) is 5.01 Å². The zero-order valence-electron chi connectivity index (χ0n) is 8.59. The molecule has 1 rings (SSSR count). The summed E-state index contributed by atoms with van der Waals surface area (Å²) in [6.45, 7) is 4.72. The molecule has 0 fully saturated rings. The largest absolute Gasteiger partial charge is 0.267 e. The van der Waals surface area contributed by atoms with Crippen molar-refractivity contribution in [2.75, 3.05) is 6.54 Å². The first-order valence-electron chi connectivity index (χ1n) is 4.94. The second-order valence-corrected chi connectivity index (χ2v) is 3.23. The van der Waals surface area contributed by atoms with Gasteiger partial charge in [-0.1, -0.05) is 18.4 Å². The van der Waals surface area contributed by atoms with Crippen molar-refractivity contribution in [2.24, 2.45) is 5.10 Å². The standard InChI is InChI=1S/C8H16N4O2/c1-3-5-6-8-10(4-2)9-7-11(8)12(13)14/h7-8H,3-6H2,1-2H3. The number of hydrazone groups is 1. The molecule has 1 unspecified atom stereocenters. The van der Waals surface area contributed by atoms with Gasteiger partial charge in [-0.25, -0.2) is 10.1 Å². The monoisotopic (exact) mass is 200 g/mol. The molecule has 0 saturated carbocycles. The highest BCUT2D eigenvalue weighted by Gasteiger charge is 2.33. The molecule has 14 heavy (non-hydrogen) atoms. The first-order valence-corrected chi connectivity index (χ1v) is 4.94. The normalized spacial score (nSPS) is 20.6. The number of unbranched alkanes of at least 4 members (excludes halogenated alkanes) is 1. The Balaban J connectivity index is 2.59. The second kappa shape index (κ2) is 4.78. The Morgan fingerprint density at radius 1 is 1.57 bits per heavy atom. The predicted octanol–water partition coefficient (Wildman–Crippen LogP) is 1.28. The summed E-state index contributed by atoms with van der Waals surface area (Å²) < 4.78 is 0. The molecule has 1 atom stereocenters. The molecule has 1 heterocycles. The van der Waals surface area contributed by atoms with Crippen molar-refractivity contribution in [3.63, 3.8) is 0 Å². The number of nitro groups is 1. The van der Waals surface area contributed by atoms with Gasteiger partial charge in [0.1, 0.15) is 0 Å². The Hall–Kier alpha value is -1.33. The van der Waals surface area contributed by atoms with Gasteiger partial charge in [-0.3, -0.25) is 5.01 Å². The van der Waals surface area contributed by atoms with Crippen LogP contribution in [0.2, 0.25) is 0 Å². The van der Waals surface area contributed by atoms with Crippen molar-refractivity contribution in [1.82, 2.24) is 10.0 Å². The molecule has 0 aliphatic carbocycles. The van der Waals surface area contributed by atoms with Crippen LogP contribution in [0, 0.1) is 10.1 Å². The third-order valence-electron chi connectivity index (χ3n) is 2.30. The predicted molar refractivity (Wildman–Crippen MR) is 53.0 cm³/mol. The lowest BCUT2D eigenvalue weighted by atomic mass is 10.2. The molecule has 0 spiro atoms. The van der Waals surface area contributed by atoms with Crippen LogP contribution >= 0.6 is 0 Å². The fraction of sp³-hybridized carbons (Fsp3) is 0.875. The van der Waals surface area contributed by atoms with E-state index in [4.69, 9.17) is 0 Å². The van der Waals surface area contributed by atoms with Crippen LogP contribution in [0.1, 0.15) is 33.1 Å². The minimum Gasteiger partial charge on any atom is -0.267 e. The fourth-order valence-electron chi connectivity index (χ4n) is 1.52. The fourth-order valence-corrected chi connectivity index (χ4v) is 1.52. The Labute approximate surface area is 83.3 Å². The van der Waals surface area contributed by atoms with Gasteiger partial charge in [0.2, 0.25) is 0 Å². The topological polar surface area (TPSA) is 62.0 Å². The molecule has 0 radical (unpaired) electrons. The zero-order valence-corrected chi connectivity index (χ0v) is 8.59. The van der Waals surface area contributed by atoms with Crippen LogP contribution < -0.4 is 0 Å². The maximum absolute atomic E-state index is 10.7. The molecule has 0 aromatic heterocycles. The molecular formula is C8H16N4O2. The van der Waals surface area contributed by atoms with E-state index in [2.05, 4.69) is 12.0 Å². The summed E-state index contributed by atoms with van der Waals surface area (Å²) in [5.41, 5.74) is 0. The number of hydrogen-bond donors (Lipinski definition) is 0. The first kappa shape index (κ1) is 10.7. The summed E-state index contributed by atoms with van der Waals surface area (Å²) in [6, 6.07) is 0. The number of hydrazine groups is 1. The molecule has 6 heteroatoms. The van der Waals surface area contributed by atoms with Gasteiger partial charge < -0.3 is 0 Å². The van der Waals surface area contributed by atoms with Gasteiger partial charge in [-0.15, -0.1) is 0 Å². The summed E-state index contributed by atoms with van der Waals surface area (Å²) in [7, 11) is 0. The van der Waals surface area contributed by atoms with Crippen LogP contribution in [-0.2, 0) is 0 Å². The van der Waals surface area contributed by atoms with Crippen molar-refractivity contribution >= 4 is 6.34 Å². The van der Waals surface area contributed by atoms with Crippen molar-refractivity contribution in [1.29, 1.82) is 0 Å².